The molecule has 0 aromatic heterocycles. The summed E-state index contributed by atoms with van der Waals surface area (Å²) < 4.78 is 5.20. The van der Waals surface area contributed by atoms with Gasteiger partial charge in [0.2, 0.25) is 0 Å². The van der Waals surface area contributed by atoms with E-state index < -0.39 is 5.97 Å². The van der Waals surface area contributed by atoms with Crippen LogP contribution in [-0.4, -0.2) is 24.2 Å². The minimum atomic E-state index is -0.917. The third-order valence-corrected chi connectivity index (χ3v) is 1.73. The summed E-state index contributed by atoms with van der Waals surface area (Å²) >= 11 is 0. The molecule has 0 saturated carbocycles. The molecule has 4 nitrogen and oxygen atoms in total. The minimum absolute atomic E-state index is 0.285. The number of carbonyl (C=O) groups is 1. The van der Waals surface area contributed by atoms with Crippen molar-refractivity contribution in [2.75, 3.05) is 13.2 Å². The van der Waals surface area contributed by atoms with Crippen LogP contribution in [-0.2, 0) is 11.3 Å². The largest absolute Gasteiger partial charge is 0.478 e. The van der Waals surface area contributed by atoms with Gasteiger partial charge >= 0.3 is 5.97 Å². The van der Waals surface area contributed by atoms with Crippen molar-refractivity contribution in [1.82, 2.24) is 0 Å². The fourth-order valence-corrected chi connectivity index (χ4v) is 1.02. The van der Waals surface area contributed by atoms with E-state index in [4.69, 9.17) is 15.6 Å². The Bertz CT molecular complexity index is 295. The van der Waals surface area contributed by atoms with Crippen LogP contribution in [0, 0.1) is 0 Å². The summed E-state index contributed by atoms with van der Waals surface area (Å²) in [5, 5.41) is 8.64. The summed E-state index contributed by atoms with van der Waals surface area (Å²) in [5.41, 5.74) is 6.49. The highest BCUT2D eigenvalue weighted by molar-refractivity contribution is 5.87. The van der Waals surface area contributed by atoms with Gasteiger partial charge in [-0.3, -0.25) is 0 Å². The molecule has 0 bridgehead atoms. The van der Waals surface area contributed by atoms with Crippen LogP contribution in [0.2, 0.25) is 0 Å². The van der Waals surface area contributed by atoms with Crippen LogP contribution in [0.15, 0.2) is 24.3 Å². The number of rotatable bonds is 5. The van der Waals surface area contributed by atoms with Gasteiger partial charge in [0.1, 0.15) is 0 Å². The van der Waals surface area contributed by atoms with Gasteiger partial charge in [-0.1, -0.05) is 12.1 Å². The van der Waals surface area contributed by atoms with E-state index >= 15 is 0 Å². The van der Waals surface area contributed by atoms with Gasteiger partial charge in [-0.15, -0.1) is 0 Å². The summed E-state index contributed by atoms with van der Waals surface area (Å²) in [6, 6.07) is 6.59. The van der Waals surface area contributed by atoms with Gasteiger partial charge in [0, 0.05) is 6.54 Å². The van der Waals surface area contributed by atoms with Crippen molar-refractivity contribution in [3.63, 3.8) is 0 Å². The Kier molecular flexibility index (Phi) is 4.10. The molecule has 0 heterocycles. The fraction of sp³-hybridized carbons (Fsp3) is 0.300. The van der Waals surface area contributed by atoms with Crippen molar-refractivity contribution < 1.29 is 14.6 Å². The second-order valence-corrected chi connectivity index (χ2v) is 2.84. The Hall–Kier alpha value is -1.39. The smallest absolute Gasteiger partial charge is 0.335 e. The van der Waals surface area contributed by atoms with Gasteiger partial charge in [0.05, 0.1) is 18.8 Å². The Morgan fingerprint density at radius 3 is 2.50 bits per heavy atom. The second-order valence-electron chi connectivity index (χ2n) is 2.84. The molecule has 4 heteroatoms. The van der Waals surface area contributed by atoms with Gasteiger partial charge < -0.3 is 15.6 Å². The Morgan fingerprint density at radius 1 is 1.36 bits per heavy atom. The molecule has 0 unspecified atom stereocenters. The molecule has 0 fully saturated rings. The van der Waals surface area contributed by atoms with Crippen LogP contribution in [0.1, 0.15) is 15.9 Å². The van der Waals surface area contributed by atoms with Gasteiger partial charge in [-0.2, -0.15) is 0 Å². The lowest BCUT2D eigenvalue weighted by Gasteiger charge is -2.02. The zero-order valence-electron chi connectivity index (χ0n) is 7.77. The van der Waals surface area contributed by atoms with Crippen molar-refractivity contribution in [2.45, 2.75) is 6.61 Å². The van der Waals surface area contributed by atoms with E-state index in [1.165, 1.54) is 0 Å². The molecule has 0 radical (unpaired) electrons. The number of hydrogen-bond donors (Lipinski definition) is 2. The third-order valence-electron chi connectivity index (χ3n) is 1.73. The number of aromatic carboxylic acids is 1. The normalized spacial score (nSPS) is 10.1. The minimum Gasteiger partial charge on any atom is -0.478 e. The fourth-order valence-electron chi connectivity index (χ4n) is 1.02. The van der Waals surface area contributed by atoms with E-state index in [2.05, 4.69) is 0 Å². The Morgan fingerprint density at radius 2 is 2.00 bits per heavy atom. The van der Waals surface area contributed by atoms with E-state index in [0.717, 1.165) is 5.56 Å². The number of carboxylic acids is 1. The van der Waals surface area contributed by atoms with Crippen molar-refractivity contribution >= 4 is 5.97 Å². The molecule has 1 rings (SSSR count). The number of nitrogens with two attached hydrogens (primary N) is 1. The summed E-state index contributed by atoms with van der Waals surface area (Å²) in [6.45, 7) is 1.48. The summed E-state index contributed by atoms with van der Waals surface area (Å²) in [4.78, 5) is 10.5. The topological polar surface area (TPSA) is 72.5 Å². The number of hydrogen-bond acceptors (Lipinski definition) is 3. The third kappa shape index (κ3) is 3.16. The molecule has 0 spiro atoms. The average molecular weight is 195 g/mol. The number of carboxylic acid groups (broad SMARTS) is 1. The maximum atomic E-state index is 10.5. The zero-order chi connectivity index (χ0) is 10.4. The molecular weight excluding hydrogens is 182 g/mol. The van der Waals surface area contributed by atoms with Crippen LogP contribution in [0.4, 0.5) is 0 Å². The molecule has 0 aliphatic heterocycles. The van der Waals surface area contributed by atoms with Crippen LogP contribution < -0.4 is 5.73 Å². The van der Waals surface area contributed by atoms with Crippen LogP contribution in [0.3, 0.4) is 0 Å². The molecule has 0 aliphatic rings. The monoisotopic (exact) mass is 195 g/mol. The van der Waals surface area contributed by atoms with Gasteiger partial charge in [-0.25, -0.2) is 4.79 Å². The molecule has 76 valence electrons. The maximum Gasteiger partial charge on any atom is 0.335 e. The number of ether oxygens (including phenoxy) is 1. The van der Waals surface area contributed by atoms with Crippen LogP contribution in [0.5, 0.6) is 0 Å². The van der Waals surface area contributed by atoms with E-state index in [9.17, 15) is 4.79 Å². The summed E-state index contributed by atoms with van der Waals surface area (Å²) in [7, 11) is 0. The summed E-state index contributed by atoms with van der Waals surface area (Å²) in [5.74, 6) is -0.917. The molecule has 0 amide bonds. The first-order valence-corrected chi connectivity index (χ1v) is 4.34. The predicted molar refractivity (Wildman–Crippen MR) is 52.1 cm³/mol. The van der Waals surface area contributed by atoms with Crippen molar-refractivity contribution in [1.29, 1.82) is 0 Å². The SMILES string of the molecule is NCCOCc1ccc(C(=O)O)cc1. The molecule has 0 saturated heterocycles. The van der Waals surface area contributed by atoms with Gasteiger partial charge in [0.15, 0.2) is 0 Å². The van der Waals surface area contributed by atoms with E-state index in [1.807, 2.05) is 0 Å². The average Bonchev–Trinajstić information content (AvgIpc) is 2.19. The van der Waals surface area contributed by atoms with E-state index in [1.54, 1.807) is 24.3 Å². The lowest BCUT2D eigenvalue weighted by atomic mass is 10.1. The van der Waals surface area contributed by atoms with Crippen LogP contribution >= 0.6 is 0 Å². The van der Waals surface area contributed by atoms with Crippen molar-refractivity contribution in [3.8, 4) is 0 Å². The lowest BCUT2D eigenvalue weighted by molar-refractivity contribution is 0.0696. The first kappa shape index (κ1) is 10.7. The van der Waals surface area contributed by atoms with Crippen LogP contribution in [0.25, 0.3) is 0 Å². The molecule has 0 atom stereocenters. The molecule has 0 aliphatic carbocycles. The van der Waals surface area contributed by atoms with Crippen molar-refractivity contribution in [3.05, 3.63) is 35.4 Å². The summed E-state index contributed by atoms with van der Waals surface area (Å²) in [6.07, 6.45) is 0. The molecule has 1 aromatic carbocycles. The first-order valence-electron chi connectivity index (χ1n) is 4.34. The predicted octanol–water partition coefficient (Wildman–Crippen LogP) is 0.860. The van der Waals surface area contributed by atoms with E-state index in [0.29, 0.717) is 19.8 Å². The second kappa shape index (κ2) is 5.36. The molecular formula is C10H13NO3. The Labute approximate surface area is 82.3 Å². The molecule has 14 heavy (non-hydrogen) atoms. The highest BCUT2D eigenvalue weighted by atomic mass is 16.5. The zero-order valence-corrected chi connectivity index (χ0v) is 7.77. The standard InChI is InChI=1S/C10H13NO3/c11-5-6-14-7-8-1-3-9(4-2-8)10(12)13/h1-4H,5-7,11H2,(H,12,13). The van der Waals surface area contributed by atoms with Crippen molar-refractivity contribution in [2.24, 2.45) is 5.73 Å². The Balaban J connectivity index is 2.51. The highest BCUT2D eigenvalue weighted by Crippen LogP contribution is 2.05. The van der Waals surface area contributed by atoms with Gasteiger partial charge in [0.25, 0.3) is 0 Å². The van der Waals surface area contributed by atoms with Gasteiger partial charge in [-0.05, 0) is 17.7 Å². The lowest BCUT2D eigenvalue weighted by Crippen LogP contribution is -2.08. The maximum absolute atomic E-state index is 10.5. The van der Waals surface area contributed by atoms with E-state index in [-0.39, 0.29) is 5.56 Å². The quantitative estimate of drug-likeness (QED) is 0.683. The highest BCUT2D eigenvalue weighted by Gasteiger charge is 2.01. The number of benzene rings is 1. The first-order chi connectivity index (χ1) is 6.74. The molecule has 3 N–H and O–H groups in total. The molecule has 1 aromatic rings.